The van der Waals surface area contributed by atoms with Gasteiger partial charge in [0.05, 0.1) is 6.26 Å². The number of rotatable bonds is 6. The van der Waals surface area contributed by atoms with Crippen LogP contribution in [0.5, 0.6) is 0 Å². The van der Waals surface area contributed by atoms with Crippen LogP contribution in [-0.2, 0) is 4.79 Å². The normalized spacial score (nSPS) is 20.1. The lowest BCUT2D eigenvalue weighted by atomic mass is 10.2. The van der Waals surface area contributed by atoms with Crippen LogP contribution in [0.15, 0.2) is 35.0 Å². The maximum atomic E-state index is 11.6. The molecule has 0 bridgehead atoms. The van der Waals surface area contributed by atoms with Gasteiger partial charge in [0.25, 0.3) is 0 Å². The van der Waals surface area contributed by atoms with Crippen LogP contribution in [0.3, 0.4) is 0 Å². The van der Waals surface area contributed by atoms with Gasteiger partial charge in [-0.3, -0.25) is 14.5 Å². The number of aliphatic carboxylic acids is 1. The number of hydrogen-bond acceptors (Lipinski definition) is 4. The number of furan rings is 1. The van der Waals surface area contributed by atoms with E-state index < -0.39 is 5.97 Å². The van der Waals surface area contributed by atoms with Gasteiger partial charge in [-0.1, -0.05) is 12.2 Å². The zero-order valence-electron chi connectivity index (χ0n) is 10.6. The molecule has 0 spiro atoms. The number of carboxylic acids is 1. The van der Waals surface area contributed by atoms with Gasteiger partial charge in [0.15, 0.2) is 5.76 Å². The molecule has 1 aromatic rings. The molecule has 0 saturated carbocycles. The molecule has 0 aliphatic carbocycles. The molecule has 2 rings (SSSR count). The lowest BCUT2D eigenvalue weighted by molar-refractivity contribution is -0.141. The second-order valence-corrected chi connectivity index (χ2v) is 4.57. The molecule has 0 amide bonds. The minimum absolute atomic E-state index is 0.0718. The first kappa shape index (κ1) is 13.5. The van der Waals surface area contributed by atoms with Crippen LogP contribution in [0.25, 0.3) is 0 Å². The fourth-order valence-electron chi connectivity index (χ4n) is 2.26. The van der Waals surface area contributed by atoms with E-state index in [4.69, 9.17) is 9.52 Å². The van der Waals surface area contributed by atoms with Gasteiger partial charge in [0, 0.05) is 13.0 Å². The SMILES string of the molecule is O=C(C/C=C/CN1CCC[C@H]1C(=O)O)c1ccco1. The van der Waals surface area contributed by atoms with Crippen LogP contribution < -0.4 is 0 Å². The third-order valence-corrected chi connectivity index (χ3v) is 3.25. The monoisotopic (exact) mass is 263 g/mol. The maximum absolute atomic E-state index is 11.6. The molecular weight excluding hydrogens is 246 g/mol. The molecule has 1 aromatic heterocycles. The van der Waals surface area contributed by atoms with Gasteiger partial charge in [-0.2, -0.15) is 0 Å². The number of Topliss-reactive ketones (excluding diaryl/α,β-unsaturated/α-hetero) is 1. The van der Waals surface area contributed by atoms with E-state index in [1.165, 1.54) is 6.26 Å². The Morgan fingerprint density at radius 2 is 2.32 bits per heavy atom. The summed E-state index contributed by atoms with van der Waals surface area (Å²) in [4.78, 5) is 24.5. The number of likely N-dealkylation sites (tertiary alicyclic amines) is 1. The number of carboxylic acid groups (broad SMARTS) is 1. The molecule has 0 unspecified atom stereocenters. The van der Waals surface area contributed by atoms with E-state index >= 15 is 0 Å². The van der Waals surface area contributed by atoms with E-state index in [9.17, 15) is 9.59 Å². The fourth-order valence-corrected chi connectivity index (χ4v) is 2.26. The van der Waals surface area contributed by atoms with E-state index in [0.29, 0.717) is 18.7 Å². The number of ketones is 1. The average Bonchev–Trinajstić information content (AvgIpc) is 3.04. The first-order valence-electron chi connectivity index (χ1n) is 6.37. The molecule has 0 radical (unpaired) electrons. The highest BCUT2D eigenvalue weighted by Gasteiger charge is 2.29. The lowest BCUT2D eigenvalue weighted by Gasteiger charge is -2.18. The van der Waals surface area contributed by atoms with Crippen LogP contribution in [0, 0.1) is 0 Å². The van der Waals surface area contributed by atoms with Crippen molar-refractivity contribution in [3.8, 4) is 0 Å². The number of carbonyl (C=O) groups is 2. The molecule has 2 heterocycles. The molecule has 1 aliphatic rings. The second kappa shape index (κ2) is 6.33. The summed E-state index contributed by atoms with van der Waals surface area (Å²) in [5, 5.41) is 9.02. The van der Waals surface area contributed by atoms with Gasteiger partial charge in [0.2, 0.25) is 5.78 Å². The Morgan fingerprint density at radius 3 is 3.00 bits per heavy atom. The minimum atomic E-state index is -0.766. The topological polar surface area (TPSA) is 70.8 Å². The van der Waals surface area contributed by atoms with Crippen LogP contribution in [0.4, 0.5) is 0 Å². The Kier molecular flexibility index (Phi) is 4.52. The zero-order chi connectivity index (χ0) is 13.7. The molecule has 1 N–H and O–H groups in total. The quantitative estimate of drug-likeness (QED) is 0.627. The lowest BCUT2D eigenvalue weighted by Crippen LogP contribution is -2.35. The van der Waals surface area contributed by atoms with Crippen LogP contribution in [0.1, 0.15) is 29.8 Å². The van der Waals surface area contributed by atoms with Crippen molar-refractivity contribution in [3.05, 3.63) is 36.3 Å². The Morgan fingerprint density at radius 1 is 1.47 bits per heavy atom. The van der Waals surface area contributed by atoms with E-state index in [0.717, 1.165) is 13.0 Å². The summed E-state index contributed by atoms with van der Waals surface area (Å²) < 4.78 is 5.00. The predicted octanol–water partition coefficient (Wildman–Crippen LogP) is 1.96. The molecule has 5 heteroatoms. The molecular formula is C14H17NO4. The van der Waals surface area contributed by atoms with Crippen molar-refractivity contribution < 1.29 is 19.1 Å². The molecule has 1 atom stereocenters. The predicted molar refractivity (Wildman–Crippen MR) is 69.0 cm³/mol. The standard InChI is InChI=1S/C14H17NO4/c16-12(13-7-4-10-19-13)6-1-2-8-15-9-3-5-11(15)14(17)18/h1-2,4,7,10-11H,3,5-6,8-9H2,(H,17,18)/b2-1+/t11-/m0/s1. The minimum Gasteiger partial charge on any atom is -0.480 e. The average molecular weight is 263 g/mol. The van der Waals surface area contributed by atoms with Crippen molar-refractivity contribution in [1.29, 1.82) is 0 Å². The molecule has 1 saturated heterocycles. The van der Waals surface area contributed by atoms with Crippen molar-refractivity contribution in [2.75, 3.05) is 13.1 Å². The highest BCUT2D eigenvalue weighted by atomic mass is 16.4. The van der Waals surface area contributed by atoms with E-state index in [1.807, 2.05) is 11.0 Å². The van der Waals surface area contributed by atoms with Gasteiger partial charge >= 0.3 is 5.97 Å². The summed E-state index contributed by atoms with van der Waals surface area (Å²) in [5.41, 5.74) is 0. The molecule has 19 heavy (non-hydrogen) atoms. The maximum Gasteiger partial charge on any atom is 0.320 e. The van der Waals surface area contributed by atoms with Crippen molar-refractivity contribution in [3.63, 3.8) is 0 Å². The summed E-state index contributed by atoms with van der Waals surface area (Å²) in [6.45, 7) is 1.37. The summed E-state index contributed by atoms with van der Waals surface area (Å²) in [6.07, 6.45) is 6.98. The van der Waals surface area contributed by atoms with Crippen molar-refractivity contribution in [1.82, 2.24) is 4.90 Å². The third-order valence-electron chi connectivity index (χ3n) is 3.25. The number of allylic oxidation sites excluding steroid dienone is 1. The molecule has 0 aromatic carbocycles. The summed E-state index contributed by atoms with van der Waals surface area (Å²) in [5.74, 6) is -0.482. The highest BCUT2D eigenvalue weighted by molar-refractivity contribution is 5.94. The number of carbonyl (C=O) groups excluding carboxylic acids is 1. The second-order valence-electron chi connectivity index (χ2n) is 4.57. The number of nitrogens with zero attached hydrogens (tertiary/aromatic N) is 1. The Balaban J connectivity index is 1.77. The van der Waals surface area contributed by atoms with Gasteiger partial charge in [-0.25, -0.2) is 0 Å². The summed E-state index contributed by atoms with van der Waals surface area (Å²) >= 11 is 0. The zero-order valence-corrected chi connectivity index (χ0v) is 10.6. The smallest absolute Gasteiger partial charge is 0.320 e. The molecule has 1 aliphatic heterocycles. The van der Waals surface area contributed by atoms with Crippen molar-refractivity contribution >= 4 is 11.8 Å². The molecule has 5 nitrogen and oxygen atoms in total. The first-order chi connectivity index (χ1) is 9.18. The van der Waals surface area contributed by atoms with E-state index in [-0.39, 0.29) is 18.2 Å². The molecule has 1 fully saturated rings. The van der Waals surface area contributed by atoms with E-state index in [1.54, 1.807) is 18.2 Å². The summed E-state index contributed by atoms with van der Waals surface area (Å²) in [6, 6.07) is 2.93. The molecule has 102 valence electrons. The Labute approximate surface area is 111 Å². The van der Waals surface area contributed by atoms with E-state index in [2.05, 4.69) is 0 Å². The van der Waals surface area contributed by atoms with Crippen molar-refractivity contribution in [2.45, 2.75) is 25.3 Å². The Bertz CT molecular complexity index is 464. The first-order valence-corrected chi connectivity index (χ1v) is 6.37. The van der Waals surface area contributed by atoms with Gasteiger partial charge in [-0.15, -0.1) is 0 Å². The van der Waals surface area contributed by atoms with Gasteiger partial charge < -0.3 is 9.52 Å². The van der Waals surface area contributed by atoms with Crippen LogP contribution in [0.2, 0.25) is 0 Å². The third kappa shape index (κ3) is 3.54. The van der Waals surface area contributed by atoms with Crippen LogP contribution >= 0.6 is 0 Å². The van der Waals surface area contributed by atoms with Gasteiger partial charge in [0.1, 0.15) is 6.04 Å². The van der Waals surface area contributed by atoms with Crippen molar-refractivity contribution in [2.24, 2.45) is 0 Å². The Hall–Kier alpha value is -1.88. The summed E-state index contributed by atoms with van der Waals surface area (Å²) in [7, 11) is 0. The largest absolute Gasteiger partial charge is 0.480 e. The van der Waals surface area contributed by atoms with Gasteiger partial charge in [-0.05, 0) is 31.5 Å². The highest BCUT2D eigenvalue weighted by Crippen LogP contribution is 2.16. The fraction of sp³-hybridized carbons (Fsp3) is 0.429. The number of hydrogen-bond donors (Lipinski definition) is 1. The van der Waals surface area contributed by atoms with Crippen LogP contribution in [-0.4, -0.2) is 40.9 Å².